The first-order chi connectivity index (χ1) is 58.7. The molecule has 14 atom stereocenters. The smallest absolute Gasteiger partial charge is 0.326 e. The second kappa shape index (κ2) is 54.1. The zero-order valence-corrected chi connectivity index (χ0v) is 71.9. The van der Waals surface area contributed by atoms with E-state index in [2.05, 4.69) is 69.1 Å². The van der Waals surface area contributed by atoms with E-state index in [0.29, 0.717) is 17.5 Å². The first-order valence-electron chi connectivity index (χ1n) is 40.6. The van der Waals surface area contributed by atoms with Gasteiger partial charge in [0.15, 0.2) is 0 Å². The van der Waals surface area contributed by atoms with Crippen LogP contribution in [0.4, 0.5) is 0 Å². The number of aromatic hydroxyl groups is 1. The number of carbonyl (C=O) groups excluding carboxylic acids is 16. The number of carboxylic acids is 5. The van der Waals surface area contributed by atoms with Gasteiger partial charge in [-0.15, -0.1) is 0 Å². The van der Waals surface area contributed by atoms with Gasteiger partial charge in [0.1, 0.15) is 84.3 Å². The zero-order chi connectivity index (χ0) is 94.1. The molecule has 0 aromatic heterocycles. The molecule has 24 N–H and O–H groups in total. The normalized spacial score (nSPS) is 15.4. The summed E-state index contributed by atoms with van der Waals surface area (Å²) in [4.78, 5) is 280. The lowest BCUT2D eigenvalue weighted by Gasteiger charge is -2.30. The number of phenolic OH excluding ortho intramolecular Hbond substituents is 1. The van der Waals surface area contributed by atoms with E-state index < -0.39 is 280 Å². The van der Waals surface area contributed by atoms with Crippen molar-refractivity contribution in [2.75, 3.05) is 31.6 Å². The van der Waals surface area contributed by atoms with Crippen molar-refractivity contribution < 1.29 is 131 Å². The predicted molar refractivity (Wildman–Crippen MR) is 445 cm³/mol. The van der Waals surface area contributed by atoms with Crippen molar-refractivity contribution in [3.63, 3.8) is 0 Å². The molecule has 1 aliphatic rings. The Morgan fingerprint density at radius 2 is 0.784 bits per heavy atom. The van der Waals surface area contributed by atoms with Crippen LogP contribution in [0.2, 0.25) is 0 Å². The highest BCUT2D eigenvalue weighted by molar-refractivity contribution is 7.98. The van der Waals surface area contributed by atoms with Crippen molar-refractivity contribution in [1.82, 2.24) is 79.3 Å². The number of aliphatic carboxylic acids is 5. The molecule has 3 rings (SSSR count). The van der Waals surface area contributed by atoms with Crippen molar-refractivity contribution in [1.29, 1.82) is 0 Å². The quantitative estimate of drug-likeness (QED) is 0.0299. The number of phenols is 1. The number of nitrogens with one attached hydrogen (secondary N) is 14. The van der Waals surface area contributed by atoms with Gasteiger partial charge in [-0.25, -0.2) is 4.79 Å². The molecule has 0 saturated carbocycles. The first kappa shape index (κ1) is 107. The molecule has 1 heterocycles. The predicted octanol–water partition coefficient (Wildman–Crippen LogP) is -4.10. The number of carboxylic acid groups (broad SMARTS) is 5. The number of nitrogens with two attached hydrogens (primary N) is 2. The van der Waals surface area contributed by atoms with Gasteiger partial charge in [0.05, 0.1) is 25.6 Å². The number of hydrogen-bond donors (Lipinski definition) is 22. The minimum absolute atomic E-state index is 0.00207. The fourth-order valence-electron chi connectivity index (χ4n) is 12.8. The van der Waals surface area contributed by atoms with Gasteiger partial charge in [-0.2, -0.15) is 11.8 Å². The number of amides is 16. The Labute approximate surface area is 725 Å². The van der Waals surface area contributed by atoms with Crippen LogP contribution in [0.15, 0.2) is 54.6 Å². The monoisotopic (exact) mass is 1780 g/mol. The summed E-state index contributed by atoms with van der Waals surface area (Å²) in [6, 6.07) is -7.58. The highest BCUT2D eigenvalue weighted by Crippen LogP contribution is 2.21. The van der Waals surface area contributed by atoms with Crippen molar-refractivity contribution in [3.8, 4) is 5.75 Å². The number of nitrogens with zero attached hydrogens (tertiary/aromatic N) is 1. The molecule has 1 fully saturated rings. The van der Waals surface area contributed by atoms with E-state index >= 15 is 0 Å². The molecular weight excluding hydrogens is 1660 g/mol. The van der Waals surface area contributed by atoms with Gasteiger partial charge in [0.2, 0.25) is 94.5 Å². The van der Waals surface area contributed by atoms with Gasteiger partial charge in [-0.05, 0) is 131 Å². The maximum atomic E-state index is 14.5. The van der Waals surface area contributed by atoms with Crippen molar-refractivity contribution in [2.24, 2.45) is 29.2 Å². The number of likely N-dealkylation sites (tertiary alicyclic amines) is 1. The summed E-state index contributed by atoms with van der Waals surface area (Å²) in [5, 5.41) is 90.9. The average Bonchev–Trinajstić information content (AvgIpc) is 1.71. The topological polar surface area (TPSA) is 704 Å². The molecule has 692 valence electrons. The van der Waals surface area contributed by atoms with Crippen LogP contribution < -0.4 is 85.9 Å². The summed E-state index contributed by atoms with van der Waals surface area (Å²) in [6.45, 7) is 11.3. The number of primary amides is 1. The molecule has 2 aromatic rings. The zero-order valence-electron chi connectivity index (χ0n) is 71.1. The fraction of sp³-hybridized carbons (Fsp3) is 0.588. The van der Waals surface area contributed by atoms with Crippen molar-refractivity contribution in [2.45, 2.75) is 249 Å². The number of rotatable bonds is 57. The second-order valence-electron chi connectivity index (χ2n) is 31.4. The summed E-state index contributed by atoms with van der Waals surface area (Å²) >= 11 is 1.27. The molecule has 1 saturated heterocycles. The van der Waals surface area contributed by atoms with Gasteiger partial charge in [-0.1, -0.05) is 84.0 Å². The van der Waals surface area contributed by atoms with Crippen LogP contribution in [0, 0.1) is 17.8 Å². The third-order valence-corrected chi connectivity index (χ3v) is 19.9. The molecule has 0 bridgehead atoms. The van der Waals surface area contributed by atoms with Crippen LogP contribution in [-0.4, -0.2) is 276 Å². The minimum atomic E-state index is -2.01. The largest absolute Gasteiger partial charge is 0.508 e. The highest BCUT2D eigenvalue weighted by Gasteiger charge is 2.41. The third-order valence-electron chi connectivity index (χ3n) is 19.3. The van der Waals surface area contributed by atoms with Crippen LogP contribution in [0.1, 0.15) is 163 Å². The molecule has 45 heteroatoms. The van der Waals surface area contributed by atoms with Gasteiger partial charge in [-0.3, -0.25) is 95.9 Å². The molecule has 0 unspecified atom stereocenters. The average molecular weight is 1780 g/mol. The van der Waals surface area contributed by atoms with Crippen LogP contribution in [0.3, 0.4) is 0 Å². The molecule has 2 aromatic carbocycles. The van der Waals surface area contributed by atoms with Crippen LogP contribution in [0.5, 0.6) is 5.75 Å². The molecule has 0 radical (unpaired) electrons. The first-order valence-corrected chi connectivity index (χ1v) is 42.0. The van der Waals surface area contributed by atoms with Crippen LogP contribution >= 0.6 is 11.8 Å². The second-order valence-corrected chi connectivity index (χ2v) is 32.4. The fourth-order valence-corrected chi connectivity index (χ4v) is 13.3. The number of benzene rings is 2. The van der Waals surface area contributed by atoms with Gasteiger partial charge in [0, 0.05) is 45.1 Å². The van der Waals surface area contributed by atoms with E-state index in [1.165, 1.54) is 49.9 Å². The Bertz CT molecular complexity index is 4120. The minimum Gasteiger partial charge on any atom is -0.508 e. The van der Waals surface area contributed by atoms with E-state index in [1.54, 1.807) is 64.3 Å². The number of thioether (sulfide) groups is 1. The Kier molecular flexibility index (Phi) is 46.2. The summed E-state index contributed by atoms with van der Waals surface area (Å²) in [5.74, 6) is -23.7. The van der Waals surface area contributed by atoms with Crippen LogP contribution in [-0.2, 0) is 114 Å². The SMILES string of the molecule is CSCC[C@H](NC(=O)[C@H](CCC(=O)O)NC(=O)[C@H](Cc1ccc(O)cc1)NC(=O)[C@H](CC(C)C)NC(=O)[C@@H](N)CC(C)C)C(=O)N[C@@H](CC(C)C)C(=O)N[C@@H](C)C(=O)NCC(=O)N[C@@H](CCC(N)=O)C(=O)N[C@@H](C)C(=O)N1CCC[C@H]1C(=O)N[C@@H](Cc1ccccc1)C(=O)N[C@@H](CCC(=O)O)C(=O)NCC(=O)N[C@@H](CCC(=O)O)C(=O)N[C@@H](CC(=O)O)C(=O)O. The summed E-state index contributed by atoms with van der Waals surface area (Å²) in [7, 11) is 0. The summed E-state index contributed by atoms with van der Waals surface area (Å²) in [6.07, 6.45) is -4.38. The van der Waals surface area contributed by atoms with Crippen LogP contribution in [0.25, 0.3) is 0 Å². The molecule has 16 amide bonds. The molecule has 44 nitrogen and oxygen atoms in total. The lowest BCUT2D eigenvalue weighted by atomic mass is 9.99. The maximum Gasteiger partial charge on any atom is 0.326 e. The van der Waals surface area contributed by atoms with Crippen molar-refractivity contribution in [3.05, 3.63) is 65.7 Å². The van der Waals surface area contributed by atoms with E-state index in [9.17, 15) is 126 Å². The lowest BCUT2D eigenvalue weighted by molar-refractivity contribution is -0.147. The summed E-state index contributed by atoms with van der Waals surface area (Å²) in [5.41, 5.74) is 12.4. The van der Waals surface area contributed by atoms with Crippen molar-refractivity contribution >= 4 is 136 Å². The molecule has 125 heavy (non-hydrogen) atoms. The summed E-state index contributed by atoms with van der Waals surface area (Å²) < 4.78 is 0. The van der Waals surface area contributed by atoms with E-state index in [-0.39, 0.29) is 80.7 Å². The number of hydrogen-bond acceptors (Lipinski definition) is 24. The Hall–Kier alpha value is -12.6. The standard InChI is InChI=1S/C80H119N17O27S/c1-40(2)32-48(81)68(111)92-55(34-42(5)6)75(118)94-56(36-46-17-19-47(98)20-18-46)76(119)90-52(24-28-65(106)107)72(115)91-53(29-31-125-9)73(116)93-54(33-41(3)4)74(117)85-43(7)67(110)83-38-61(100)87-50(21-25-60(82)99)70(113)86-44(8)79(122)97-30-13-16-59(97)78(121)95-57(35-45-14-11-10-12-15-45)77(120)89-49(22-26-63(102)103)69(112)84-39-62(101)88-51(23-27-64(104)105)71(114)96-58(80(123)124)37-66(108)109/h10-12,14-15,17-20,40-44,48-59,98H,13,16,21-39,81H2,1-9H3,(H2,82,99)(H,83,110)(H,84,112)(H,85,117)(H,86,113)(H,87,100)(H,88,101)(H,89,120)(H,90,119)(H,91,115)(H,92,111)(H,93,116)(H,94,118)(H,95,121)(H,96,114)(H,102,103)(H,104,105)(H,106,107)(H,108,109)(H,123,124)/t43-,44-,48-,49-,50-,51-,52-,53-,54-,55-,56-,57-,58-,59-/m0/s1. The highest BCUT2D eigenvalue weighted by atomic mass is 32.2. The lowest BCUT2D eigenvalue weighted by Crippen LogP contribution is -2.60. The van der Waals surface area contributed by atoms with Gasteiger partial charge in [0.25, 0.3) is 0 Å². The molecular formula is C80H119N17O27S. The van der Waals surface area contributed by atoms with E-state index in [4.69, 9.17) is 16.6 Å². The Morgan fingerprint density at radius 3 is 1.24 bits per heavy atom. The Morgan fingerprint density at radius 1 is 0.408 bits per heavy atom. The third kappa shape index (κ3) is 40.5. The van der Waals surface area contributed by atoms with E-state index in [0.717, 1.165) is 4.90 Å². The Balaban J connectivity index is 1.78. The molecule has 1 aliphatic heterocycles. The van der Waals surface area contributed by atoms with Gasteiger partial charge >= 0.3 is 29.8 Å². The maximum absolute atomic E-state index is 14.5. The molecule has 0 spiro atoms. The number of carbonyl (C=O) groups is 21. The van der Waals surface area contributed by atoms with Gasteiger partial charge < -0.3 is 121 Å². The molecule has 0 aliphatic carbocycles. The van der Waals surface area contributed by atoms with E-state index in [1.807, 2.05) is 19.2 Å².